The average molecular weight is 338 g/mol. The Balaban J connectivity index is 1.72. The third kappa shape index (κ3) is 4.22. The number of piperazine rings is 1. The Morgan fingerprint density at radius 2 is 1.76 bits per heavy atom. The molecule has 0 bridgehead atoms. The van der Waals surface area contributed by atoms with Crippen LogP contribution >= 0.6 is 0 Å². The van der Waals surface area contributed by atoms with E-state index < -0.39 is 0 Å². The lowest BCUT2D eigenvalue weighted by Gasteiger charge is -2.32. The van der Waals surface area contributed by atoms with E-state index in [-0.39, 0.29) is 11.8 Å². The third-order valence-corrected chi connectivity index (χ3v) is 4.31. The summed E-state index contributed by atoms with van der Waals surface area (Å²) in [5, 5.41) is 2.84. The van der Waals surface area contributed by atoms with Gasteiger partial charge in [0.05, 0.1) is 11.1 Å². The van der Waals surface area contributed by atoms with Gasteiger partial charge < -0.3 is 15.1 Å². The lowest BCUT2D eigenvalue weighted by molar-refractivity contribution is 0.0663. The van der Waals surface area contributed by atoms with Crippen molar-refractivity contribution in [2.45, 2.75) is 6.92 Å². The van der Waals surface area contributed by atoms with E-state index in [4.69, 9.17) is 0 Å². The highest BCUT2D eigenvalue weighted by atomic mass is 16.2. The first-order valence-corrected chi connectivity index (χ1v) is 8.34. The first kappa shape index (κ1) is 17.1. The molecule has 1 N–H and O–H groups in total. The number of hydrogen-bond donors (Lipinski definition) is 1. The molecule has 6 heteroatoms. The van der Waals surface area contributed by atoms with Crippen molar-refractivity contribution < 1.29 is 9.59 Å². The van der Waals surface area contributed by atoms with E-state index in [9.17, 15) is 9.59 Å². The van der Waals surface area contributed by atoms with Crippen molar-refractivity contribution in [1.29, 1.82) is 0 Å². The zero-order valence-corrected chi connectivity index (χ0v) is 14.5. The number of aromatic nitrogens is 1. The van der Waals surface area contributed by atoms with E-state index in [0.29, 0.717) is 24.2 Å². The average Bonchev–Trinajstić information content (AvgIpc) is 2.62. The van der Waals surface area contributed by atoms with Gasteiger partial charge in [-0.25, -0.2) is 0 Å². The summed E-state index contributed by atoms with van der Waals surface area (Å²) in [4.78, 5) is 33.1. The SMILES string of the molecule is Cc1cccc(NC(=O)c2cncc(C(=O)N3CCN(C)CC3)c2)c1. The molecule has 0 spiro atoms. The molecular weight excluding hydrogens is 316 g/mol. The van der Waals surface area contributed by atoms with Crippen molar-refractivity contribution in [3.63, 3.8) is 0 Å². The second-order valence-electron chi connectivity index (χ2n) is 6.38. The van der Waals surface area contributed by atoms with Gasteiger partial charge >= 0.3 is 0 Å². The largest absolute Gasteiger partial charge is 0.336 e. The van der Waals surface area contributed by atoms with Gasteiger partial charge in [0.15, 0.2) is 0 Å². The Hall–Kier alpha value is -2.73. The van der Waals surface area contributed by atoms with Gasteiger partial charge in [0, 0.05) is 44.3 Å². The number of benzene rings is 1. The van der Waals surface area contributed by atoms with Crippen LogP contribution in [0.1, 0.15) is 26.3 Å². The van der Waals surface area contributed by atoms with Crippen LogP contribution in [-0.4, -0.2) is 59.8 Å². The number of rotatable bonds is 3. The summed E-state index contributed by atoms with van der Waals surface area (Å²) in [5.74, 6) is -0.350. The standard InChI is InChI=1S/C19H22N4O2/c1-14-4-3-5-17(10-14)21-18(24)15-11-16(13-20-12-15)19(25)23-8-6-22(2)7-9-23/h3-5,10-13H,6-9H2,1-2H3,(H,21,24). The number of carbonyl (C=O) groups is 2. The summed E-state index contributed by atoms with van der Waals surface area (Å²) in [6.45, 7) is 5.05. The van der Waals surface area contributed by atoms with Crippen LogP contribution in [0.4, 0.5) is 5.69 Å². The summed E-state index contributed by atoms with van der Waals surface area (Å²) < 4.78 is 0. The number of carbonyl (C=O) groups excluding carboxylic acids is 2. The van der Waals surface area contributed by atoms with Crippen molar-refractivity contribution in [1.82, 2.24) is 14.8 Å². The smallest absolute Gasteiger partial charge is 0.257 e. The molecule has 1 aliphatic heterocycles. The van der Waals surface area contributed by atoms with Gasteiger partial charge in [-0.3, -0.25) is 14.6 Å². The monoisotopic (exact) mass is 338 g/mol. The number of hydrogen-bond acceptors (Lipinski definition) is 4. The van der Waals surface area contributed by atoms with Crippen LogP contribution in [0, 0.1) is 6.92 Å². The summed E-state index contributed by atoms with van der Waals surface area (Å²) in [6.07, 6.45) is 3.00. The first-order chi connectivity index (χ1) is 12.0. The predicted octanol–water partition coefficient (Wildman–Crippen LogP) is 2.03. The van der Waals surface area contributed by atoms with Crippen molar-refractivity contribution in [3.8, 4) is 0 Å². The molecule has 1 aromatic carbocycles. The highest BCUT2D eigenvalue weighted by Gasteiger charge is 2.21. The third-order valence-electron chi connectivity index (χ3n) is 4.31. The number of aryl methyl sites for hydroxylation is 1. The maximum absolute atomic E-state index is 12.6. The Morgan fingerprint density at radius 3 is 2.48 bits per heavy atom. The van der Waals surface area contributed by atoms with E-state index in [0.717, 1.165) is 24.3 Å². The van der Waals surface area contributed by atoms with Crippen molar-refractivity contribution in [3.05, 3.63) is 59.4 Å². The summed E-state index contributed by atoms with van der Waals surface area (Å²) in [5.41, 5.74) is 2.61. The zero-order valence-electron chi connectivity index (χ0n) is 14.5. The molecule has 0 radical (unpaired) electrons. The molecular formula is C19H22N4O2. The molecule has 0 unspecified atom stereocenters. The number of amides is 2. The molecule has 1 saturated heterocycles. The summed E-state index contributed by atoms with van der Waals surface area (Å²) in [7, 11) is 2.04. The van der Waals surface area contributed by atoms with Gasteiger partial charge in [-0.2, -0.15) is 0 Å². The molecule has 2 aromatic rings. The Bertz CT molecular complexity index is 782. The van der Waals surface area contributed by atoms with Crippen molar-refractivity contribution in [2.24, 2.45) is 0 Å². The Morgan fingerprint density at radius 1 is 1.04 bits per heavy atom. The molecule has 2 heterocycles. The lowest BCUT2D eigenvalue weighted by atomic mass is 10.1. The fourth-order valence-corrected chi connectivity index (χ4v) is 2.80. The van der Waals surface area contributed by atoms with Crippen LogP contribution in [0.3, 0.4) is 0 Å². The molecule has 130 valence electrons. The van der Waals surface area contributed by atoms with E-state index >= 15 is 0 Å². The lowest BCUT2D eigenvalue weighted by Crippen LogP contribution is -2.47. The van der Waals surface area contributed by atoms with Crippen molar-refractivity contribution in [2.75, 3.05) is 38.5 Å². The molecule has 25 heavy (non-hydrogen) atoms. The van der Waals surface area contributed by atoms with Crippen LogP contribution in [0.2, 0.25) is 0 Å². The fraction of sp³-hybridized carbons (Fsp3) is 0.316. The van der Waals surface area contributed by atoms with Gasteiger partial charge in [0.25, 0.3) is 11.8 Å². The number of pyridine rings is 1. The van der Waals surface area contributed by atoms with Crippen LogP contribution in [0.25, 0.3) is 0 Å². The molecule has 0 saturated carbocycles. The van der Waals surface area contributed by atoms with E-state index in [2.05, 4.69) is 15.2 Å². The maximum atomic E-state index is 12.6. The molecule has 2 amide bonds. The van der Waals surface area contributed by atoms with Crippen molar-refractivity contribution >= 4 is 17.5 Å². The van der Waals surface area contributed by atoms with Crippen LogP contribution in [0.15, 0.2) is 42.7 Å². The van der Waals surface area contributed by atoms with Gasteiger partial charge in [0.1, 0.15) is 0 Å². The first-order valence-electron chi connectivity index (χ1n) is 8.34. The zero-order chi connectivity index (χ0) is 17.8. The van der Waals surface area contributed by atoms with Crippen LogP contribution in [0.5, 0.6) is 0 Å². The number of nitrogens with zero attached hydrogens (tertiary/aromatic N) is 3. The van der Waals surface area contributed by atoms with E-state index in [1.54, 1.807) is 11.0 Å². The van der Waals surface area contributed by atoms with Gasteiger partial charge in [-0.05, 0) is 37.7 Å². The highest BCUT2D eigenvalue weighted by Crippen LogP contribution is 2.13. The van der Waals surface area contributed by atoms with Gasteiger partial charge in [-0.15, -0.1) is 0 Å². The normalized spacial score (nSPS) is 15.0. The predicted molar refractivity (Wildman–Crippen MR) is 96.8 cm³/mol. The number of likely N-dealkylation sites (N-methyl/N-ethyl adjacent to an activating group) is 1. The molecule has 3 rings (SSSR count). The molecule has 0 aliphatic carbocycles. The maximum Gasteiger partial charge on any atom is 0.257 e. The molecule has 1 aromatic heterocycles. The highest BCUT2D eigenvalue weighted by molar-refractivity contribution is 6.05. The topological polar surface area (TPSA) is 65.5 Å². The number of nitrogens with one attached hydrogen (secondary N) is 1. The molecule has 1 aliphatic rings. The van der Waals surface area contributed by atoms with Crippen LogP contribution < -0.4 is 5.32 Å². The fourth-order valence-electron chi connectivity index (χ4n) is 2.80. The molecule has 6 nitrogen and oxygen atoms in total. The number of anilines is 1. The quantitative estimate of drug-likeness (QED) is 0.930. The Labute approximate surface area is 147 Å². The van der Waals surface area contributed by atoms with E-state index in [1.807, 2.05) is 38.2 Å². The second kappa shape index (κ2) is 7.44. The minimum absolute atomic E-state index is 0.0780. The minimum Gasteiger partial charge on any atom is -0.336 e. The van der Waals surface area contributed by atoms with Gasteiger partial charge in [0.2, 0.25) is 0 Å². The Kier molecular flexibility index (Phi) is 5.09. The van der Waals surface area contributed by atoms with Crippen LogP contribution in [-0.2, 0) is 0 Å². The summed E-state index contributed by atoms with van der Waals surface area (Å²) >= 11 is 0. The molecule has 0 atom stereocenters. The van der Waals surface area contributed by atoms with Gasteiger partial charge in [-0.1, -0.05) is 12.1 Å². The minimum atomic E-state index is -0.272. The van der Waals surface area contributed by atoms with E-state index in [1.165, 1.54) is 12.4 Å². The molecule has 1 fully saturated rings. The second-order valence-corrected chi connectivity index (χ2v) is 6.38. The summed E-state index contributed by atoms with van der Waals surface area (Å²) in [6, 6.07) is 9.18.